The lowest BCUT2D eigenvalue weighted by Crippen LogP contribution is -2.13. The molecule has 0 bridgehead atoms. The lowest BCUT2D eigenvalue weighted by Gasteiger charge is -2.00. The van der Waals surface area contributed by atoms with Crippen molar-refractivity contribution in [2.24, 2.45) is 7.05 Å². The molecule has 1 amide bonds. The Labute approximate surface area is 96.7 Å². The first-order chi connectivity index (χ1) is 8.20. The van der Waals surface area contributed by atoms with E-state index in [-0.39, 0.29) is 11.7 Å². The third kappa shape index (κ3) is 2.26. The number of carbonyl (C=O) groups excluding carboxylic acids is 1. The van der Waals surface area contributed by atoms with Crippen LogP contribution < -0.4 is 5.32 Å². The fourth-order valence-electron chi connectivity index (χ4n) is 1.27. The number of hydrogen-bond donors (Lipinski definition) is 1. The number of amides is 1. The van der Waals surface area contributed by atoms with Crippen LogP contribution in [-0.2, 0) is 7.05 Å². The van der Waals surface area contributed by atoms with Crippen molar-refractivity contribution in [2.75, 3.05) is 5.32 Å². The standard InChI is InChI=1S/C10H8N6O/c1-16-6-8(4-11)9(15-16)14-10(17)7-2-3-12-13-5-7/h2-3,5-6H,1H3,(H,14,15,17). The number of anilines is 1. The minimum absolute atomic E-state index is 0.233. The Morgan fingerprint density at radius 2 is 2.35 bits per heavy atom. The van der Waals surface area contributed by atoms with Crippen LogP contribution in [0, 0.1) is 11.3 Å². The van der Waals surface area contributed by atoms with E-state index < -0.39 is 0 Å². The van der Waals surface area contributed by atoms with E-state index >= 15 is 0 Å². The summed E-state index contributed by atoms with van der Waals surface area (Å²) in [5, 5.41) is 22.5. The van der Waals surface area contributed by atoms with Crippen LogP contribution in [0.15, 0.2) is 24.7 Å². The Bertz CT molecular complexity index is 583. The van der Waals surface area contributed by atoms with Crippen LogP contribution in [0.25, 0.3) is 0 Å². The maximum atomic E-state index is 11.8. The number of aromatic nitrogens is 4. The predicted molar refractivity (Wildman–Crippen MR) is 57.9 cm³/mol. The predicted octanol–water partition coefficient (Wildman–Crippen LogP) is 0.334. The van der Waals surface area contributed by atoms with E-state index in [0.29, 0.717) is 11.1 Å². The number of carbonyl (C=O) groups is 1. The van der Waals surface area contributed by atoms with Crippen molar-refractivity contribution in [1.29, 1.82) is 5.26 Å². The first-order valence-electron chi connectivity index (χ1n) is 4.72. The molecule has 0 saturated carbocycles. The highest BCUT2D eigenvalue weighted by molar-refractivity contribution is 6.03. The molecule has 0 aliphatic heterocycles. The zero-order valence-electron chi connectivity index (χ0n) is 8.95. The Balaban J connectivity index is 2.22. The van der Waals surface area contributed by atoms with Crippen molar-refractivity contribution in [1.82, 2.24) is 20.0 Å². The lowest BCUT2D eigenvalue weighted by molar-refractivity contribution is 0.102. The van der Waals surface area contributed by atoms with Gasteiger partial charge in [-0.05, 0) is 6.07 Å². The molecule has 2 rings (SSSR count). The molecule has 0 saturated heterocycles. The second-order valence-corrected chi connectivity index (χ2v) is 3.26. The van der Waals surface area contributed by atoms with Crippen molar-refractivity contribution in [3.05, 3.63) is 35.8 Å². The molecule has 0 atom stereocenters. The van der Waals surface area contributed by atoms with Crippen LogP contribution in [0.5, 0.6) is 0 Å². The van der Waals surface area contributed by atoms with E-state index in [1.54, 1.807) is 7.05 Å². The summed E-state index contributed by atoms with van der Waals surface area (Å²) in [6, 6.07) is 3.47. The quantitative estimate of drug-likeness (QED) is 0.799. The molecule has 0 spiro atoms. The highest BCUT2D eigenvalue weighted by Gasteiger charge is 2.12. The van der Waals surface area contributed by atoms with Crippen LogP contribution in [0.3, 0.4) is 0 Å². The van der Waals surface area contributed by atoms with Gasteiger partial charge in [-0.15, -0.1) is 0 Å². The van der Waals surface area contributed by atoms with Gasteiger partial charge in [0.05, 0.1) is 18.0 Å². The number of hydrogen-bond acceptors (Lipinski definition) is 5. The Kier molecular flexibility index (Phi) is 2.79. The topological polar surface area (TPSA) is 96.5 Å². The monoisotopic (exact) mass is 228 g/mol. The third-order valence-corrected chi connectivity index (χ3v) is 2.03. The van der Waals surface area contributed by atoms with Gasteiger partial charge >= 0.3 is 0 Å². The molecule has 7 nitrogen and oxygen atoms in total. The maximum absolute atomic E-state index is 11.8. The van der Waals surface area contributed by atoms with Gasteiger partial charge in [-0.3, -0.25) is 9.48 Å². The SMILES string of the molecule is Cn1cc(C#N)c(NC(=O)c2ccnnc2)n1. The van der Waals surface area contributed by atoms with Crippen molar-refractivity contribution >= 4 is 11.7 Å². The number of aryl methyl sites for hydroxylation is 1. The van der Waals surface area contributed by atoms with E-state index in [2.05, 4.69) is 20.6 Å². The summed E-state index contributed by atoms with van der Waals surface area (Å²) in [4.78, 5) is 11.8. The first-order valence-corrected chi connectivity index (χ1v) is 4.72. The number of nitriles is 1. The molecule has 2 aromatic rings. The summed E-state index contributed by atoms with van der Waals surface area (Å²) in [7, 11) is 1.67. The average molecular weight is 228 g/mol. The van der Waals surface area contributed by atoms with E-state index in [1.165, 1.54) is 29.3 Å². The molecule has 2 aromatic heterocycles. The second-order valence-electron chi connectivity index (χ2n) is 3.26. The zero-order chi connectivity index (χ0) is 12.3. The molecule has 7 heteroatoms. The normalized spacial score (nSPS) is 9.65. The highest BCUT2D eigenvalue weighted by atomic mass is 16.1. The van der Waals surface area contributed by atoms with E-state index in [4.69, 9.17) is 5.26 Å². The third-order valence-electron chi connectivity index (χ3n) is 2.03. The van der Waals surface area contributed by atoms with Gasteiger partial charge in [-0.2, -0.15) is 20.6 Å². The van der Waals surface area contributed by atoms with Crippen LogP contribution in [0.4, 0.5) is 5.82 Å². The summed E-state index contributed by atoms with van der Waals surface area (Å²) in [6.45, 7) is 0. The molecular formula is C10H8N6O. The van der Waals surface area contributed by atoms with Crippen molar-refractivity contribution < 1.29 is 4.79 Å². The Hall–Kier alpha value is -2.75. The fourth-order valence-corrected chi connectivity index (χ4v) is 1.27. The summed E-state index contributed by atoms with van der Waals surface area (Å²) in [6.07, 6.45) is 4.28. The maximum Gasteiger partial charge on any atom is 0.258 e. The van der Waals surface area contributed by atoms with Crippen molar-refractivity contribution in [3.8, 4) is 6.07 Å². The van der Waals surface area contributed by atoms with Gasteiger partial charge in [0.25, 0.3) is 5.91 Å². The van der Waals surface area contributed by atoms with E-state index in [9.17, 15) is 4.79 Å². The molecular weight excluding hydrogens is 220 g/mol. The highest BCUT2D eigenvalue weighted by Crippen LogP contribution is 2.11. The minimum atomic E-state index is -0.380. The fraction of sp³-hybridized carbons (Fsp3) is 0.100. The molecule has 17 heavy (non-hydrogen) atoms. The summed E-state index contributed by atoms with van der Waals surface area (Å²) < 4.78 is 1.46. The molecule has 0 fully saturated rings. The van der Waals surface area contributed by atoms with Crippen LogP contribution in [0.2, 0.25) is 0 Å². The van der Waals surface area contributed by atoms with Crippen LogP contribution in [0.1, 0.15) is 15.9 Å². The molecule has 1 N–H and O–H groups in total. The second kappa shape index (κ2) is 4.40. The van der Waals surface area contributed by atoms with Gasteiger partial charge in [-0.1, -0.05) is 0 Å². The summed E-state index contributed by atoms with van der Waals surface area (Å²) >= 11 is 0. The molecule has 0 radical (unpaired) electrons. The largest absolute Gasteiger partial charge is 0.304 e. The van der Waals surface area contributed by atoms with E-state index in [1.807, 2.05) is 6.07 Å². The summed E-state index contributed by atoms with van der Waals surface area (Å²) in [5.41, 5.74) is 0.664. The first kappa shape index (κ1) is 10.8. The van der Waals surface area contributed by atoms with Gasteiger partial charge in [0.1, 0.15) is 11.6 Å². The molecule has 84 valence electrons. The summed E-state index contributed by atoms with van der Waals surface area (Å²) in [5.74, 6) is -0.146. The average Bonchev–Trinajstić information content (AvgIpc) is 2.70. The molecule has 2 heterocycles. The molecule has 0 aromatic carbocycles. The molecule has 0 aliphatic rings. The van der Waals surface area contributed by atoms with Crippen LogP contribution in [-0.4, -0.2) is 25.9 Å². The molecule has 0 unspecified atom stereocenters. The Morgan fingerprint density at radius 1 is 1.53 bits per heavy atom. The van der Waals surface area contributed by atoms with Gasteiger partial charge in [-0.25, -0.2) is 0 Å². The van der Waals surface area contributed by atoms with Gasteiger partial charge in [0.15, 0.2) is 5.82 Å². The van der Waals surface area contributed by atoms with Gasteiger partial charge in [0, 0.05) is 13.2 Å². The van der Waals surface area contributed by atoms with Crippen LogP contribution >= 0.6 is 0 Å². The van der Waals surface area contributed by atoms with Crippen molar-refractivity contribution in [3.63, 3.8) is 0 Å². The number of rotatable bonds is 2. The van der Waals surface area contributed by atoms with E-state index in [0.717, 1.165) is 0 Å². The number of nitrogens with zero attached hydrogens (tertiary/aromatic N) is 5. The van der Waals surface area contributed by atoms with Gasteiger partial charge < -0.3 is 5.32 Å². The molecule has 0 aliphatic carbocycles. The van der Waals surface area contributed by atoms with Crippen molar-refractivity contribution in [2.45, 2.75) is 0 Å². The zero-order valence-corrected chi connectivity index (χ0v) is 8.95. The van der Waals surface area contributed by atoms with Gasteiger partial charge in [0.2, 0.25) is 0 Å². The lowest BCUT2D eigenvalue weighted by atomic mass is 10.3. The number of nitrogens with one attached hydrogen (secondary N) is 1. The Morgan fingerprint density at radius 3 is 3.00 bits per heavy atom. The minimum Gasteiger partial charge on any atom is -0.304 e. The smallest absolute Gasteiger partial charge is 0.258 e.